The van der Waals surface area contributed by atoms with Crippen LogP contribution in [-0.4, -0.2) is 29.3 Å². The Morgan fingerprint density at radius 1 is 1.30 bits per heavy atom. The number of Topliss-reactive ketones (excluding diaryl/α,β-unsaturated/α-hetero) is 1. The van der Waals surface area contributed by atoms with Gasteiger partial charge in [-0.2, -0.15) is 0 Å². The number of carbonyl (C=O) groups is 1. The predicted molar refractivity (Wildman–Crippen MR) is 82.6 cm³/mol. The van der Waals surface area contributed by atoms with Crippen LogP contribution in [-0.2, 0) is 0 Å². The van der Waals surface area contributed by atoms with E-state index in [9.17, 15) is 9.18 Å². The van der Waals surface area contributed by atoms with Crippen molar-refractivity contribution < 1.29 is 9.18 Å². The van der Waals surface area contributed by atoms with Gasteiger partial charge in [0.15, 0.2) is 5.78 Å². The van der Waals surface area contributed by atoms with Gasteiger partial charge in [0.05, 0.1) is 11.1 Å². The van der Waals surface area contributed by atoms with E-state index >= 15 is 0 Å². The second-order valence-corrected chi connectivity index (χ2v) is 6.28. The van der Waals surface area contributed by atoms with Gasteiger partial charge in [-0.05, 0) is 44.1 Å². The molecule has 0 radical (unpaired) electrons. The van der Waals surface area contributed by atoms with Crippen molar-refractivity contribution in [2.75, 3.05) is 13.1 Å². The Bertz CT molecular complexity index is 493. The second kappa shape index (κ2) is 6.35. The standard InChI is InChI=1S/C16H21BrFNO/c1-3-19(4-2)16(9-5-6-10-16)15(20)13-11-12(17)7-8-14(13)18/h7-8,11H,3-6,9-10H2,1-2H3. The number of likely N-dealkylation sites (N-methyl/N-ethyl adjacent to an activating group) is 1. The Labute approximate surface area is 128 Å². The maximum absolute atomic E-state index is 14.1. The number of hydrogen-bond donors (Lipinski definition) is 0. The van der Waals surface area contributed by atoms with Crippen molar-refractivity contribution in [3.63, 3.8) is 0 Å². The van der Waals surface area contributed by atoms with Crippen molar-refractivity contribution in [2.24, 2.45) is 0 Å². The number of hydrogen-bond acceptors (Lipinski definition) is 2. The van der Waals surface area contributed by atoms with Gasteiger partial charge in [0.1, 0.15) is 5.82 Å². The fourth-order valence-corrected chi connectivity index (χ4v) is 3.76. The summed E-state index contributed by atoms with van der Waals surface area (Å²) in [7, 11) is 0. The first-order valence-corrected chi connectivity index (χ1v) is 8.09. The molecule has 0 aliphatic heterocycles. The van der Waals surface area contributed by atoms with Crippen LogP contribution in [0.25, 0.3) is 0 Å². The van der Waals surface area contributed by atoms with Crippen LogP contribution in [0.3, 0.4) is 0 Å². The number of rotatable bonds is 5. The molecule has 0 unspecified atom stereocenters. The lowest BCUT2D eigenvalue weighted by atomic mass is 9.85. The van der Waals surface area contributed by atoms with Crippen molar-refractivity contribution in [3.05, 3.63) is 34.1 Å². The molecule has 0 N–H and O–H groups in total. The highest BCUT2D eigenvalue weighted by Crippen LogP contribution is 2.38. The lowest BCUT2D eigenvalue weighted by Gasteiger charge is -2.39. The van der Waals surface area contributed by atoms with Crippen molar-refractivity contribution in [3.8, 4) is 0 Å². The number of ketones is 1. The topological polar surface area (TPSA) is 20.3 Å². The minimum atomic E-state index is -0.509. The molecule has 1 aromatic rings. The van der Waals surface area contributed by atoms with Crippen LogP contribution < -0.4 is 0 Å². The minimum absolute atomic E-state index is 0.0579. The molecular formula is C16H21BrFNO. The summed E-state index contributed by atoms with van der Waals surface area (Å²) in [6.45, 7) is 5.76. The molecule has 110 valence electrons. The number of benzene rings is 1. The molecule has 0 heterocycles. The Morgan fingerprint density at radius 3 is 2.45 bits per heavy atom. The Morgan fingerprint density at radius 2 is 1.90 bits per heavy atom. The summed E-state index contributed by atoms with van der Waals surface area (Å²) < 4.78 is 14.8. The SMILES string of the molecule is CCN(CC)C1(C(=O)c2cc(Br)ccc2F)CCCC1. The molecule has 1 aromatic carbocycles. The molecule has 20 heavy (non-hydrogen) atoms. The van der Waals surface area contributed by atoms with E-state index in [0.717, 1.165) is 43.2 Å². The average Bonchev–Trinajstić information content (AvgIpc) is 2.93. The van der Waals surface area contributed by atoms with E-state index in [2.05, 4.69) is 34.7 Å². The van der Waals surface area contributed by atoms with E-state index in [4.69, 9.17) is 0 Å². The van der Waals surface area contributed by atoms with Crippen molar-refractivity contribution in [1.29, 1.82) is 0 Å². The molecule has 0 spiro atoms. The van der Waals surface area contributed by atoms with Gasteiger partial charge in [0.25, 0.3) is 0 Å². The summed E-state index contributed by atoms with van der Waals surface area (Å²) in [5, 5.41) is 0. The Hall–Kier alpha value is -0.740. The highest BCUT2D eigenvalue weighted by Gasteiger charge is 2.45. The van der Waals surface area contributed by atoms with Crippen LogP contribution in [0, 0.1) is 5.82 Å². The van der Waals surface area contributed by atoms with Gasteiger partial charge in [-0.25, -0.2) is 4.39 Å². The molecule has 2 rings (SSSR count). The van der Waals surface area contributed by atoms with E-state index in [1.54, 1.807) is 12.1 Å². The second-order valence-electron chi connectivity index (χ2n) is 5.36. The van der Waals surface area contributed by atoms with Gasteiger partial charge in [-0.15, -0.1) is 0 Å². The molecule has 2 nitrogen and oxygen atoms in total. The van der Waals surface area contributed by atoms with Crippen LogP contribution >= 0.6 is 15.9 Å². The first-order chi connectivity index (χ1) is 9.55. The highest BCUT2D eigenvalue weighted by atomic mass is 79.9. The largest absolute Gasteiger partial charge is 0.292 e. The molecule has 0 amide bonds. The maximum atomic E-state index is 14.1. The van der Waals surface area contributed by atoms with E-state index < -0.39 is 11.4 Å². The fourth-order valence-electron chi connectivity index (χ4n) is 3.40. The third kappa shape index (κ3) is 2.68. The molecule has 4 heteroatoms. The lowest BCUT2D eigenvalue weighted by Crippen LogP contribution is -2.52. The summed E-state index contributed by atoms with van der Waals surface area (Å²) in [5.74, 6) is -0.478. The van der Waals surface area contributed by atoms with E-state index in [-0.39, 0.29) is 11.3 Å². The van der Waals surface area contributed by atoms with Gasteiger partial charge in [0, 0.05) is 4.47 Å². The van der Waals surface area contributed by atoms with Gasteiger partial charge in [-0.3, -0.25) is 9.69 Å². The van der Waals surface area contributed by atoms with E-state index in [0.29, 0.717) is 0 Å². The zero-order chi connectivity index (χ0) is 14.8. The van der Waals surface area contributed by atoms with Crippen molar-refractivity contribution >= 4 is 21.7 Å². The first kappa shape index (κ1) is 15.6. The zero-order valence-corrected chi connectivity index (χ0v) is 13.7. The number of halogens is 2. The van der Waals surface area contributed by atoms with Crippen LogP contribution in [0.4, 0.5) is 4.39 Å². The molecule has 0 atom stereocenters. The monoisotopic (exact) mass is 341 g/mol. The smallest absolute Gasteiger partial charge is 0.186 e. The van der Waals surface area contributed by atoms with Crippen LogP contribution in [0.15, 0.2) is 22.7 Å². The molecule has 1 fully saturated rings. The van der Waals surface area contributed by atoms with Gasteiger partial charge in [0.2, 0.25) is 0 Å². The quantitative estimate of drug-likeness (QED) is 0.738. The maximum Gasteiger partial charge on any atom is 0.186 e. The summed E-state index contributed by atoms with van der Waals surface area (Å²) in [6.07, 6.45) is 3.74. The molecule has 1 aliphatic rings. The first-order valence-electron chi connectivity index (χ1n) is 7.30. The van der Waals surface area contributed by atoms with Gasteiger partial charge < -0.3 is 0 Å². The van der Waals surface area contributed by atoms with Gasteiger partial charge in [-0.1, -0.05) is 42.6 Å². The van der Waals surface area contributed by atoms with Gasteiger partial charge >= 0.3 is 0 Å². The van der Waals surface area contributed by atoms with Crippen molar-refractivity contribution in [2.45, 2.75) is 45.1 Å². The Balaban J connectivity index is 2.44. The molecular weight excluding hydrogens is 321 g/mol. The van der Waals surface area contributed by atoms with E-state index in [1.165, 1.54) is 6.07 Å². The molecule has 0 saturated heterocycles. The number of carbonyl (C=O) groups excluding carboxylic acids is 1. The summed E-state index contributed by atoms with van der Waals surface area (Å²) >= 11 is 3.33. The normalized spacial score (nSPS) is 17.6. The lowest BCUT2D eigenvalue weighted by molar-refractivity contribution is 0.0580. The summed E-state index contributed by atoms with van der Waals surface area (Å²) in [4.78, 5) is 15.2. The minimum Gasteiger partial charge on any atom is -0.292 e. The predicted octanol–water partition coefficient (Wildman–Crippen LogP) is 4.43. The fraction of sp³-hybridized carbons (Fsp3) is 0.562. The molecule has 1 aliphatic carbocycles. The number of nitrogens with zero attached hydrogens (tertiary/aromatic N) is 1. The summed E-state index contributed by atoms with van der Waals surface area (Å²) in [5.41, 5.74) is -0.293. The summed E-state index contributed by atoms with van der Waals surface area (Å²) in [6, 6.07) is 4.61. The third-order valence-electron chi connectivity index (χ3n) is 4.40. The molecule has 1 saturated carbocycles. The van der Waals surface area contributed by atoms with E-state index in [1.807, 2.05) is 0 Å². The molecule has 0 aromatic heterocycles. The van der Waals surface area contributed by atoms with Crippen LogP contribution in [0.1, 0.15) is 49.9 Å². The van der Waals surface area contributed by atoms with Crippen LogP contribution in [0.5, 0.6) is 0 Å². The van der Waals surface area contributed by atoms with Crippen molar-refractivity contribution in [1.82, 2.24) is 4.90 Å². The third-order valence-corrected chi connectivity index (χ3v) is 4.89. The highest BCUT2D eigenvalue weighted by molar-refractivity contribution is 9.10. The van der Waals surface area contributed by atoms with Crippen LogP contribution in [0.2, 0.25) is 0 Å². The Kier molecular flexibility index (Phi) is 4.97. The average molecular weight is 342 g/mol. The molecule has 0 bridgehead atoms. The zero-order valence-electron chi connectivity index (χ0n) is 12.1.